The van der Waals surface area contributed by atoms with Gasteiger partial charge in [0.25, 0.3) is 0 Å². The summed E-state index contributed by atoms with van der Waals surface area (Å²) in [7, 11) is 0. The highest BCUT2D eigenvalue weighted by atomic mass is 32.2. The molecule has 0 bridgehead atoms. The molecule has 0 aliphatic heterocycles. The van der Waals surface area contributed by atoms with Gasteiger partial charge >= 0.3 is 0 Å². The molecule has 0 saturated carbocycles. The molecule has 1 aromatic heterocycles. The van der Waals surface area contributed by atoms with Crippen LogP contribution in [0.15, 0.2) is 16.0 Å². The van der Waals surface area contributed by atoms with Crippen molar-refractivity contribution in [2.75, 3.05) is 17.6 Å². The van der Waals surface area contributed by atoms with Crippen LogP contribution in [0.4, 0.5) is 5.13 Å². The number of aromatic nitrogens is 2. The Hall–Kier alpha value is -1.08. The van der Waals surface area contributed by atoms with Crippen LogP contribution in [0.5, 0.6) is 0 Å². The minimum atomic E-state index is -0.0351. The van der Waals surface area contributed by atoms with E-state index in [0.717, 1.165) is 22.4 Å². The van der Waals surface area contributed by atoms with E-state index in [1.54, 1.807) is 0 Å². The molecule has 7 heteroatoms. The number of allylic oxidation sites excluding steroid dienone is 1. The van der Waals surface area contributed by atoms with E-state index in [-0.39, 0.29) is 11.4 Å². The molecule has 23 heavy (non-hydrogen) atoms. The number of nitrogens with one attached hydrogen (secondary N) is 2. The number of hydrogen-bond donors (Lipinski definition) is 2. The lowest BCUT2D eigenvalue weighted by molar-refractivity contribution is -0.118. The smallest absolute Gasteiger partial charge is 0.230 e. The van der Waals surface area contributed by atoms with E-state index in [1.807, 2.05) is 0 Å². The van der Waals surface area contributed by atoms with Crippen molar-refractivity contribution in [2.24, 2.45) is 0 Å². The molecule has 1 aliphatic carbocycles. The molecule has 0 aromatic carbocycles. The predicted molar refractivity (Wildman–Crippen MR) is 98.2 cm³/mol. The molecule has 1 amide bonds. The maximum atomic E-state index is 11.9. The van der Waals surface area contributed by atoms with Crippen LogP contribution in [0.1, 0.15) is 52.9 Å². The van der Waals surface area contributed by atoms with Crippen LogP contribution in [0, 0.1) is 0 Å². The number of carbonyl (C=O) groups is 1. The molecule has 1 aromatic rings. The largest absolute Gasteiger partial charge is 0.355 e. The van der Waals surface area contributed by atoms with Crippen LogP contribution in [-0.4, -0.2) is 33.9 Å². The Labute approximate surface area is 146 Å². The van der Waals surface area contributed by atoms with Crippen molar-refractivity contribution in [3.63, 3.8) is 0 Å². The third-order valence-electron chi connectivity index (χ3n) is 3.37. The Balaban J connectivity index is 1.65. The SMILES string of the molecule is CC(C)(C)Nc1nnc(SCC(=O)NCCC2=CCCCC2)s1. The molecule has 2 N–H and O–H groups in total. The Morgan fingerprint density at radius 1 is 1.35 bits per heavy atom. The standard InChI is InChI=1S/C16H26N4OS2/c1-16(2,3)18-14-19-20-15(23-14)22-11-13(21)17-10-9-12-7-5-4-6-8-12/h7H,4-6,8-11H2,1-3H3,(H,17,21)(H,18,19). The van der Waals surface area contributed by atoms with Crippen molar-refractivity contribution >= 4 is 34.1 Å². The van der Waals surface area contributed by atoms with Gasteiger partial charge < -0.3 is 10.6 Å². The van der Waals surface area contributed by atoms with Crippen molar-refractivity contribution in [2.45, 2.75) is 62.8 Å². The minimum Gasteiger partial charge on any atom is -0.355 e. The normalized spacial score (nSPS) is 15.2. The number of hydrogen-bond acceptors (Lipinski definition) is 6. The van der Waals surface area contributed by atoms with E-state index in [4.69, 9.17) is 0 Å². The number of nitrogens with zero attached hydrogens (tertiary/aromatic N) is 2. The Morgan fingerprint density at radius 3 is 2.87 bits per heavy atom. The fourth-order valence-corrected chi connectivity index (χ4v) is 4.10. The fraction of sp³-hybridized carbons (Fsp3) is 0.688. The van der Waals surface area contributed by atoms with Crippen LogP contribution >= 0.6 is 23.1 Å². The van der Waals surface area contributed by atoms with E-state index in [2.05, 4.69) is 47.7 Å². The molecule has 0 radical (unpaired) electrons. The summed E-state index contributed by atoms with van der Waals surface area (Å²) in [5.41, 5.74) is 1.46. The van der Waals surface area contributed by atoms with Gasteiger partial charge in [0.2, 0.25) is 11.0 Å². The molecule has 0 atom stereocenters. The van der Waals surface area contributed by atoms with E-state index in [1.165, 1.54) is 54.4 Å². The Morgan fingerprint density at radius 2 is 2.17 bits per heavy atom. The van der Waals surface area contributed by atoms with E-state index in [9.17, 15) is 4.79 Å². The van der Waals surface area contributed by atoms with Crippen molar-refractivity contribution in [3.05, 3.63) is 11.6 Å². The molecular formula is C16H26N4OS2. The Bertz CT molecular complexity index is 549. The van der Waals surface area contributed by atoms with Gasteiger partial charge in [0.05, 0.1) is 5.75 Å². The average molecular weight is 355 g/mol. The fourth-order valence-electron chi connectivity index (χ4n) is 2.31. The van der Waals surface area contributed by atoms with E-state index in [0.29, 0.717) is 5.75 Å². The number of anilines is 1. The van der Waals surface area contributed by atoms with Crippen LogP contribution in [-0.2, 0) is 4.79 Å². The highest BCUT2D eigenvalue weighted by molar-refractivity contribution is 8.01. The quantitative estimate of drug-likeness (QED) is 0.575. The summed E-state index contributed by atoms with van der Waals surface area (Å²) in [6.45, 7) is 6.97. The molecule has 0 saturated heterocycles. The summed E-state index contributed by atoms with van der Waals surface area (Å²) in [4.78, 5) is 11.9. The maximum absolute atomic E-state index is 11.9. The van der Waals surface area contributed by atoms with Gasteiger partial charge in [-0.3, -0.25) is 4.79 Å². The first-order chi connectivity index (χ1) is 10.9. The maximum Gasteiger partial charge on any atom is 0.230 e. The lowest BCUT2D eigenvalue weighted by Crippen LogP contribution is -2.26. The van der Waals surface area contributed by atoms with Crippen molar-refractivity contribution in [3.8, 4) is 0 Å². The van der Waals surface area contributed by atoms with Gasteiger partial charge in [0, 0.05) is 12.1 Å². The first-order valence-electron chi connectivity index (χ1n) is 8.11. The van der Waals surface area contributed by atoms with Gasteiger partial charge in [0.1, 0.15) is 0 Å². The number of amides is 1. The van der Waals surface area contributed by atoms with Crippen LogP contribution in [0.25, 0.3) is 0 Å². The lowest BCUT2D eigenvalue weighted by atomic mass is 9.97. The van der Waals surface area contributed by atoms with Gasteiger partial charge in [-0.15, -0.1) is 10.2 Å². The molecule has 128 valence electrons. The van der Waals surface area contributed by atoms with Gasteiger partial charge in [-0.1, -0.05) is 34.7 Å². The summed E-state index contributed by atoms with van der Waals surface area (Å²) in [6.07, 6.45) is 8.29. The van der Waals surface area contributed by atoms with Crippen molar-refractivity contribution in [1.82, 2.24) is 15.5 Å². The highest BCUT2D eigenvalue weighted by Gasteiger charge is 2.14. The third-order valence-corrected chi connectivity index (χ3v) is 5.34. The first kappa shape index (κ1) is 18.3. The number of thioether (sulfide) groups is 1. The minimum absolute atomic E-state index is 0.0351. The topological polar surface area (TPSA) is 66.9 Å². The number of carbonyl (C=O) groups excluding carboxylic acids is 1. The molecule has 1 heterocycles. The summed E-state index contributed by atoms with van der Waals surface area (Å²) < 4.78 is 0.821. The van der Waals surface area contributed by atoms with Crippen LogP contribution in [0.3, 0.4) is 0 Å². The zero-order chi connectivity index (χ0) is 16.7. The molecule has 0 spiro atoms. The van der Waals surface area contributed by atoms with E-state index < -0.39 is 0 Å². The highest BCUT2D eigenvalue weighted by Crippen LogP contribution is 2.27. The predicted octanol–water partition coefficient (Wildman–Crippen LogP) is 3.85. The molecule has 5 nitrogen and oxygen atoms in total. The lowest BCUT2D eigenvalue weighted by Gasteiger charge is -2.18. The second-order valence-corrected chi connectivity index (χ2v) is 8.94. The third kappa shape index (κ3) is 7.35. The number of rotatable bonds is 7. The first-order valence-corrected chi connectivity index (χ1v) is 9.92. The monoisotopic (exact) mass is 354 g/mol. The molecule has 0 fully saturated rings. The summed E-state index contributed by atoms with van der Waals surface area (Å²) in [5, 5.41) is 15.3. The van der Waals surface area contributed by atoms with Crippen LogP contribution < -0.4 is 10.6 Å². The van der Waals surface area contributed by atoms with Gasteiger partial charge in [0.15, 0.2) is 4.34 Å². The van der Waals surface area contributed by atoms with Crippen molar-refractivity contribution in [1.29, 1.82) is 0 Å². The molecular weight excluding hydrogens is 328 g/mol. The second kappa shape index (κ2) is 8.68. The van der Waals surface area contributed by atoms with Crippen LogP contribution in [0.2, 0.25) is 0 Å². The zero-order valence-corrected chi connectivity index (χ0v) is 15.8. The van der Waals surface area contributed by atoms with Gasteiger partial charge in [-0.25, -0.2) is 0 Å². The van der Waals surface area contributed by atoms with Crippen molar-refractivity contribution < 1.29 is 4.79 Å². The second-order valence-electron chi connectivity index (χ2n) is 6.74. The summed E-state index contributed by atoms with van der Waals surface area (Å²) in [5.74, 6) is 0.454. The molecule has 2 rings (SSSR count). The summed E-state index contributed by atoms with van der Waals surface area (Å²) in [6, 6.07) is 0. The van der Waals surface area contributed by atoms with Gasteiger partial charge in [-0.05, 0) is 52.9 Å². The van der Waals surface area contributed by atoms with Gasteiger partial charge in [-0.2, -0.15) is 0 Å². The summed E-state index contributed by atoms with van der Waals surface area (Å²) >= 11 is 2.93. The average Bonchev–Trinajstić information content (AvgIpc) is 2.92. The zero-order valence-electron chi connectivity index (χ0n) is 14.1. The Kier molecular flexibility index (Phi) is 6.89. The van der Waals surface area contributed by atoms with E-state index >= 15 is 0 Å². The molecule has 1 aliphatic rings. The molecule has 0 unspecified atom stereocenters.